The summed E-state index contributed by atoms with van der Waals surface area (Å²) in [6.45, 7) is 2.90. The molecule has 0 spiro atoms. The van der Waals surface area contributed by atoms with Crippen LogP contribution in [-0.2, 0) is 20.3 Å². The molecule has 0 radical (unpaired) electrons. The maximum Gasteiger partial charge on any atom is 0.340 e. The third kappa shape index (κ3) is 4.86. The maximum absolute atomic E-state index is 12.3. The Kier molecular flexibility index (Phi) is 6.41. The minimum Gasteiger partial charge on any atom is -0.449 e. The van der Waals surface area contributed by atoms with Crippen LogP contribution in [0.15, 0.2) is 53.4 Å². The second kappa shape index (κ2) is 8.53. The number of ketones is 1. The van der Waals surface area contributed by atoms with Gasteiger partial charge in [-0.1, -0.05) is 12.1 Å². The molecule has 26 heavy (non-hydrogen) atoms. The van der Waals surface area contributed by atoms with Crippen molar-refractivity contribution >= 4 is 34.1 Å². The number of hydrogen-bond acceptors (Lipinski definition) is 5. The number of ether oxygens (including phenoxy) is 1. The molecule has 0 aliphatic rings. The summed E-state index contributed by atoms with van der Waals surface area (Å²) >= 11 is 0. The molecule has 0 saturated heterocycles. The van der Waals surface area contributed by atoms with Crippen molar-refractivity contribution in [2.75, 3.05) is 11.6 Å². The fraction of sp³-hybridized carbons (Fsp3) is 0.211. The zero-order valence-electron chi connectivity index (χ0n) is 14.6. The van der Waals surface area contributed by atoms with E-state index in [2.05, 4.69) is 5.32 Å². The number of carbonyl (C=O) groups is 3. The van der Waals surface area contributed by atoms with Crippen LogP contribution in [0.5, 0.6) is 0 Å². The predicted octanol–water partition coefficient (Wildman–Crippen LogP) is 2.81. The molecular formula is C19H19NO5S. The van der Waals surface area contributed by atoms with Crippen molar-refractivity contribution in [1.29, 1.82) is 0 Å². The van der Waals surface area contributed by atoms with Gasteiger partial charge in [-0.05, 0) is 50.2 Å². The van der Waals surface area contributed by atoms with Gasteiger partial charge in [-0.3, -0.25) is 13.8 Å². The third-order valence-corrected chi connectivity index (χ3v) is 4.60. The first-order chi connectivity index (χ1) is 12.3. The van der Waals surface area contributed by atoms with Crippen molar-refractivity contribution in [2.24, 2.45) is 0 Å². The SMILES string of the molecule is CC(=O)c1ccc(NC(=O)[C@H](C)OC(=O)c2ccccc2[S@](C)=O)cc1. The van der Waals surface area contributed by atoms with Gasteiger partial charge in [0, 0.05) is 17.5 Å². The van der Waals surface area contributed by atoms with Crippen LogP contribution in [0.3, 0.4) is 0 Å². The van der Waals surface area contributed by atoms with Crippen LogP contribution in [0.1, 0.15) is 34.6 Å². The lowest BCUT2D eigenvalue weighted by Crippen LogP contribution is -2.30. The van der Waals surface area contributed by atoms with Gasteiger partial charge in [0.15, 0.2) is 11.9 Å². The van der Waals surface area contributed by atoms with E-state index >= 15 is 0 Å². The molecular weight excluding hydrogens is 354 g/mol. The van der Waals surface area contributed by atoms with Gasteiger partial charge in [0.05, 0.1) is 21.3 Å². The summed E-state index contributed by atoms with van der Waals surface area (Å²) in [5.74, 6) is -1.30. The molecule has 2 aromatic rings. The van der Waals surface area contributed by atoms with Gasteiger partial charge in [-0.2, -0.15) is 0 Å². The standard InChI is InChI=1S/C19H19NO5S/c1-12(21)14-8-10-15(11-9-14)20-18(22)13(2)25-19(23)16-6-4-5-7-17(16)26(3)24/h4-11,13H,1-3H3,(H,20,22)/t13-,26-/m0/s1. The number of anilines is 1. The Labute approximate surface area is 154 Å². The minimum absolute atomic E-state index is 0.0721. The van der Waals surface area contributed by atoms with E-state index in [0.29, 0.717) is 16.1 Å². The highest BCUT2D eigenvalue weighted by Gasteiger charge is 2.21. The lowest BCUT2D eigenvalue weighted by Gasteiger charge is -2.14. The Balaban J connectivity index is 2.04. The summed E-state index contributed by atoms with van der Waals surface area (Å²) in [6.07, 6.45) is 0.417. The van der Waals surface area contributed by atoms with Crippen LogP contribution in [0.4, 0.5) is 5.69 Å². The first-order valence-corrected chi connectivity index (χ1v) is 9.40. The molecule has 7 heteroatoms. The Hall–Kier alpha value is -2.80. The Morgan fingerprint density at radius 3 is 2.23 bits per heavy atom. The first kappa shape index (κ1) is 19.5. The molecule has 0 bridgehead atoms. The zero-order valence-corrected chi connectivity index (χ0v) is 15.5. The maximum atomic E-state index is 12.3. The molecule has 0 unspecified atom stereocenters. The lowest BCUT2D eigenvalue weighted by molar-refractivity contribution is -0.123. The van der Waals surface area contributed by atoms with Crippen LogP contribution >= 0.6 is 0 Å². The highest BCUT2D eigenvalue weighted by molar-refractivity contribution is 7.84. The predicted molar refractivity (Wildman–Crippen MR) is 98.7 cm³/mol. The molecule has 0 heterocycles. The van der Waals surface area contributed by atoms with Crippen molar-refractivity contribution in [1.82, 2.24) is 0 Å². The van der Waals surface area contributed by atoms with Gasteiger partial charge < -0.3 is 10.1 Å². The van der Waals surface area contributed by atoms with E-state index in [1.54, 1.807) is 42.5 Å². The van der Waals surface area contributed by atoms with Crippen molar-refractivity contribution in [3.8, 4) is 0 Å². The number of benzene rings is 2. The Morgan fingerprint density at radius 2 is 1.65 bits per heavy atom. The molecule has 0 aliphatic heterocycles. The van der Waals surface area contributed by atoms with Gasteiger partial charge in [0.2, 0.25) is 0 Å². The van der Waals surface area contributed by atoms with Crippen LogP contribution in [0.25, 0.3) is 0 Å². The molecule has 0 saturated carbocycles. The van der Waals surface area contributed by atoms with Crippen molar-refractivity contribution in [2.45, 2.75) is 24.8 Å². The topological polar surface area (TPSA) is 89.5 Å². The van der Waals surface area contributed by atoms with Gasteiger partial charge >= 0.3 is 5.97 Å². The van der Waals surface area contributed by atoms with Crippen LogP contribution < -0.4 is 5.32 Å². The van der Waals surface area contributed by atoms with Crippen molar-refractivity contribution < 1.29 is 23.3 Å². The zero-order chi connectivity index (χ0) is 19.3. The Bertz CT molecular complexity index is 860. The van der Waals surface area contributed by atoms with E-state index in [-0.39, 0.29) is 11.3 Å². The van der Waals surface area contributed by atoms with E-state index in [0.717, 1.165) is 0 Å². The molecule has 0 aromatic heterocycles. The molecule has 136 valence electrons. The monoisotopic (exact) mass is 373 g/mol. The minimum atomic E-state index is -1.35. The lowest BCUT2D eigenvalue weighted by atomic mass is 10.1. The van der Waals surface area contributed by atoms with Crippen molar-refractivity contribution in [3.05, 3.63) is 59.7 Å². The second-order valence-corrected chi connectivity index (χ2v) is 6.97. The number of Topliss-reactive ketones (excluding diaryl/α,β-unsaturated/α-hetero) is 1. The van der Waals surface area contributed by atoms with E-state index in [4.69, 9.17) is 4.74 Å². The van der Waals surface area contributed by atoms with Gasteiger partial charge in [-0.25, -0.2) is 4.79 Å². The van der Waals surface area contributed by atoms with Gasteiger partial charge in [-0.15, -0.1) is 0 Å². The van der Waals surface area contributed by atoms with Gasteiger partial charge in [0.1, 0.15) is 0 Å². The number of esters is 1. The molecule has 0 fully saturated rings. The quantitative estimate of drug-likeness (QED) is 0.621. The van der Waals surface area contributed by atoms with E-state index < -0.39 is 28.8 Å². The average molecular weight is 373 g/mol. The molecule has 2 aromatic carbocycles. The number of nitrogens with one attached hydrogen (secondary N) is 1. The molecule has 1 amide bonds. The number of hydrogen-bond donors (Lipinski definition) is 1. The molecule has 2 rings (SSSR count). The molecule has 1 N–H and O–H groups in total. The Morgan fingerprint density at radius 1 is 1.04 bits per heavy atom. The summed E-state index contributed by atoms with van der Waals surface area (Å²) in [6, 6.07) is 12.8. The van der Waals surface area contributed by atoms with Crippen LogP contribution in [0.2, 0.25) is 0 Å². The third-order valence-electron chi connectivity index (χ3n) is 3.63. The first-order valence-electron chi connectivity index (χ1n) is 7.85. The number of rotatable bonds is 6. The number of amides is 1. The normalized spacial score (nSPS) is 12.7. The van der Waals surface area contributed by atoms with Gasteiger partial charge in [0.25, 0.3) is 5.91 Å². The van der Waals surface area contributed by atoms with Crippen LogP contribution in [0, 0.1) is 0 Å². The summed E-state index contributed by atoms with van der Waals surface area (Å²) in [5, 5.41) is 2.61. The smallest absolute Gasteiger partial charge is 0.340 e. The summed E-state index contributed by atoms with van der Waals surface area (Å²) < 4.78 is 16.9. The largest absolute Gasteiger partial charge is 0.449 e. The number of carbonyl (C=O) groups excluding carboxylic acids is 3. The summed E-state index contributed by atoms with van der Waals surface area (Å²) in [4.78, 5) is 36.1. The second-order valence-electron chi connectivity index (χ2n) is 5.62. The fourth-order valence-electron chi connectivity index (χ4n) is 2.20. The summed E-state index contributed by atoms with van der Waals surface area (Å²) in [7, 11) is -1.35. The highest BCUT2D eigenvalue weighted by Crippen LogP contribution is 2.16. The van der Waals surface area contributed by atoms with Crippen molar-refractivity contribution in [3.63, 3.8) is 0 Å². The molecule has 6 nitrogen and oxygen atoms in total. The van der Waals surface area contributed by atoms with E-state index in [9.17, 15) is 18.6 Å². The highest BCUT2D eigenvalue weighted by atomic mass is 32.2. The van der Waals surface area contributed by atoms with Crippen LogP contribution in [-0.4, -0.2) is 34.2 Å². The summed E-state index contributed by atoms with van der Waals surface area (Å²) in [5.41, 5.74) is 1.18. The fourth-order valence-corrected chi connectivity index (χ4v) is 2.93. The molecule has 0 aliphatic carbocycles. The average Bonchev–Trinajstić information content (AvgIpc) is 2.61. The van der Waals surface area contributed by atoms with E-state index in [1.165, 1.54) is 26.2 Å². The van der Waals surface area contributed by atoms with E-state index in [1.807, 2.05) is 0 Å². The molecule has 2 atom stereocenters.